The summed E-state index contributed by atoms with van der Waals surface area (Å²) < 4.78 is 49.4. The second kappa shape index (κ2) is 8.87. The van der Waals surface area contributed by atoms with E-state index in [0.29, 0.717) is 49.0 Å². The molecule has 2 aliphatic rings. The van der Waals surface area contributed by atoms with Crippen molar-refractivity contribution in [3.8, 4) is 22.8 Å². The standard InChI is InChI=1S/C23H22N2O7S/c26-23(31-15-17-13-21(32-24-17)16-5-2-1-3-6-16)19-7-4-10-25(19)33(27,28)18-8-9-20-22(14-18)30-12-11-29-20/h1-3,5-6,8-9,13-14,19H,4,7,10-12,15H2. The van der Waals surface area contributed by atoms with Crippen molar-refractivity contribution < 1.29 is 31.9 Å². The molecule has 9 nitrogen and oxygen atoms in total. The first kappa shape index (κ1) is 21.5. The molecule has 3 heterocycles. The zero-order valence-corrected chi connectivity index (χ0v) is 18.5. The summed E-state index contributed by atoms with van der Waals surface area (Å²) in [6.45, 7) is 0.892. The van der Waals surface area contributed by atoms with Gasteiger partial charge in [-0.1, -0.05) is 35.5 Å². The molecular formula is C23H22N2O7S. The normalized spacial score (nSPS) is 18.2. The molecule has 1 fully saturated rings. The fraction of sp³-hybridized carbons (Fsp3) is 0.304. The monoisotopic (exact) mass is 470 g/mol. The minimum Gasteiger partial charge on any atom is -0.486 e. The van der Waals surface area contributed by atoms with Crippen molar-refractivity contribution in [1.82, 2.24) is 9.46 Å². The predicted molar refractivity (Wildman–Crippen MR) is 116 cm³/mol. The summed E-state index contributed by atoms with van der Waals surface area (Å²) in [4.78, 5) is 12.8. The van der Waals surface area contributed by atoms with Crippen LogP contribution in [0.3, 0.4) is 0 Å². The molecule has 1 saturated heterocycles. The van der Waals surface area contributed by atoms with Crippen LogP contribution in [0.5, 0.6) is 11.5 Å². The molecule has 1 atom stereocenters. The highest BCUT2D eigenvalue weighted by Gasteiger charge is 2.41. The second-order valence-corrected chi connectivity index (χ2v) is 9.63. The molecule has 2 aromatic carbocycles. The molecule has 33 heavy (non-hydrogen) atoms. The Bertz CT molecular complexity index is 1260. The van der Waals surface area contributed by atoms with Crippen LogP contribution < -0.4 is 9.47 Å². The first-order valence-electron chi connectivity index (χ1n) is 10.6. The van der Waals surface area contributed by atoms with E-state index in [-0.39, 0.29) is 18.0 Å². The van der Waals surface area contributed by atoms with Crippen LogP contribution in [0.4, 0.5) is 0 Å². The molecule has 1 aromatic heterocycles. The summed E-state index contributed by atoms with van der Waals surface area (Å²) in [5, 5.41) is 3.94. The van der Waals surface area contributed by atoms with Crippen LogP contribution in [0, 0.1) is 0 Å². The molecule has 1 unspecified atom stereocenters. The van der Waals surface area contributed by atoms with Crippen molar-refractivity contribution >= 4 is 16.0 Å². The van der Waals surface area contributed by atoms with E-state index < -0.39 is 22.0 Å². The summed E-state index contributed by atoms with van der Waals surface area (Å²) >= 11 is 0. The Balaban J connectivity index is 1.27. The minimum absolute atomic E-state index is 0.0513. The van der Waals surface area contributed by atoms with Crippen LogP contribution in [-0.4, -0.2) is 49.6 Å². The summed E-state index contributed by atoms with van der Waals surface area (Å²) in [6, 6.07) is 14.7. The van der Waals surface area contributed by atoms with E-state index in [1.807, 2.05) is 30.3 Å². The lowest BCUT2D eigenvalue weighted by Crippen LogP contribution is -2.41. The molecule has 172 valence electrons. The SMILES string of the molecule is O=C(OCc1cc(-c2ccccc2)on1)C1CCCN1S(=O)(=O)c1ccc2c(c1)OCCO2. The van der Waals surface area contributed by atoms with E-state index in [0.717, 1.165) is 5.56 Å². The molecule has 10 heteroatoms. The van der Waals surface area contributed by atoms with Crippen molar-refractivity contribution in [2.75, 3.05) is 19.8 Å². The van der Waals surface area contributed by atoms with Gasteiger partial charge in [0.15, 0.2) is 17.3 Å². The fourth-order valence-corrected chi connectivity index (χ4v) is 5.61. The highest BCUT2D eigenvalue weighted by atomic mass is 32.2. The van der Waals surface area contributed by atoms with Gasteiger partial charge in [-0.05, 0) is 25.0 Å². The maximum atomic E-state index is 13.3. The van der Waals surface area contributed by atoms with Gasteiger partial charge in [-0.3, -0.25) is 4.79 Å². The van der Waals surface area contributed by atoms with Gasteiger partial charge in [0.2, 0.25) is 10.0 Å². The van der Waals surface area contributed by atoms with Crippen LogP contribution in [0.2, 0.25) is 0 Å². The molecular weight excluding hydrogens is 448 g/mol. The third-order valence-electron chi connectivity index (χ3n) is 5.58. The molecule has 0 radical (unpaired) electrons. The molecule has 2 aliphatic heterocycles. The number of benzene rings is 2. The van der Waals surface area contributed by atoms with Crippen LogP contribution in [0.1, 0.15) is 18.5 Å². The molecule has 3 aromatic rings. The highest BCUT2D eigenvalue weighted by molar-refractivity contribution is 7.89. The van der Waals surface area contributed by atoms with Gasteiger partial charge in [-0.15, -0.1) is 0 Å². The van der Waals surface area contributed by atoms with Crippen molar-refractivity contribution in [3.05, 3.63) is 60.3 Å². The maximum absolute atomic E-state index is 13.3. The fourth-order valence-electron chi connectivity index (χ4n) is 3.94. The summed E-state index contributed by atoms with van der Waals surface area (Å²) in [5.41, 5.74) is 1.30. The quantitative estimate of drug-likeness (QED) is 0.506. The van der Waals surface area contributed by atoms with E-state index in [1.54, 1.807) is 12.1 Å². The predicted octanol–water partition coefficient (Wildman–Crippen LogP) is 3.01. The number of esters is 1. The topological polar surface area (TPSA) is 108 Å². The molecule has 0 amide bonds. The van der Waals surface area contributed by atoms with Crippen molar-refractivity contribution in [3.63, 3.8) is 0 Å². The Morgan fingerprint density at radius 1 is 1.06 bits per heavy atom. The van der Waals surface area contributed by atoms with Gasteiger partial charge in [-0.25, -0.2) is 8.42 Å². The van der Waals surface area contributed by atoms with Crippen molar-refractivity contribution in [2.45, 2.75) is 30.4 Å². The molecule has 0 saturated carbocycles. The van der Waals surface area contributed by atoms with Gasteiger partial charge in [0.05, 0.1) is 4.90 Å². The van der Waals surface area contributed by atoms with Gasteiger partial charge >= 0.3 is 5.97 Å². The maximum Gasteiger partial charge on any atom is 0.324 e. The van der Waals surface area contributed by atoms with Crippen LogP contribution in [0.25, 0.3) is 11.3 Å². The Morgan fingerprint density at radius 2 is 1.85 bits per heavy atom. The minimum atomic E-state index is -3.92. The lowest BCUT2D eigenvalue weighted by atomic mass is 10.2. The van der Waals surface area contributed by atoms with Crippen LogP contribution >= 0.6 is 0 Å². The van der Waals surface area contributed by atoms with Crippen LogP contribution in [0.15, 0.2) is 64.0 Å². The smallest absolute Gasteiger partial charge is 0.324 e. The number of nitrogens with zero attached hydrogens (tertiary/aromatic N) is 2. The third kappa shape index (κ3) is 4.31. The molecule has 0 bridgehead atoms. The van der Waals surface area contributed by atoms with Crippen molar-refractivity contribution in [2.24, 2.45) is 0 Å². The zero-order chi connectivity index (χ0) is 22.8. The lowest BCUT2D eigenvalue weighted by Gasteiger charge is -2.24. The van der Waals surface area contributed by atoms with Crippen molar-refractivity contribution in [1.29, 1.82) is 0 Å². The zero-order valence-electron chi connectivity index (χ0n) is 17.7. The Labute approximate surface area is 190 Å². The number of ether oxygens (including phenoxy) is 3. The molecule has 5 rings (SSSR count). The molecule has 0 N–H and O–H groups in total. The van der Waals surface area contributed by atoms with E-state index in [2.05, 4.69) is 5.16 Å². The average molecular weight is 471 g/mol. The number of sulfonamides is 1. The highest BCUT2D eigenvalue weighted by Crippen LogP contribution is 2.35. The number of rotatable bonds is 6. The van der Waals surface area contributed by atoms with Gasteiger partial charge < -0.3 is 18.7 Å². The summed E-state index contributed by atoms with van der Waals surface area (Å²) in [5.74, 6) is 0.823. The number of aromatic nitrogens is 1. The van der Waals surface area contributed by atoms with E-state index in [1.165, 1.54) is 16.4 Å². The summed E-state index contributed by atoms with van der Waals surface area (Å²) in [7, 11) is -3.92. The summed E-state index contributed by atoms with van der Waals surface area (Å²) in [6.07, 6.45) is 0.947. The third-order valence-corrected chi connectivity index (χ3v) is 7.48. The first-order chi connectivity index (χ1) is 16.0. The molecule has 0 spiro atoms. The molecule has 0 aliphatic carbocycles. The van der Waals surface area contributed by atoms with E-state index in [9.17, 15) is 13.2 Å². The van der Waals surface area contributed by atoms with E-state index >= 15 is 0 Å². The number of carbonyl (C=O) groups excluding carboxylic acids is 1. The number of carbonyl (C=O) groups is 1. The number of fused-ring (bicyclic) bond motifs is 1. The Morgan fingerprint density at radius 3 is 2.67 bits per heavy atom. The Kier molecular flexibility index (Phi) is 5.77. The average Bonchev–Trinajstić information content (AvgIpc) is 3.53. The Hall–Kier alpha value is -3.37. The number of hydrogen-bond donors (Lipinski definition) is 0. The van der Waals surface area contributed by atoms with Gasteiger partial charge in [-0.2, -0.15) is 4.31 Å². The second-order valence-electron chi connectivity index (χ2n) is 7.74. The van der Waals surface area contributed by atoms with Gasteiger partial charge in [0, 0.05) is 24.2 Å². The van der Waals surface area contributed by atoms with Gasteiger partial charge in [0.1, 0.15) is 31.6 Å². The first-order valence-corrected chi connectivity index (χ1v) is 12.1. The largest absolute Gasteiger partial charge is 0.486 e. The van der Waals surface area contributed by atoms with Crippen LogP contribution in [-0.2, 0) is 26.2 Å². The van der Waals surface area contributed by atoms with Gasteiger partial charge in [0.25, 0.3) is 0 Å². The number of hydrogen-bond acceptors (Lipinski definition) is 8. The van der Waals surface area contributed by atoms with E-state index in [4.69, 9.17) is 18.7 Å². The lowest BCUT2D eigenvalue weighted by molar-refractivity contribution is -0.148.